The third-order valence-electron chi connectivity index (χ3n) is 2.46. The van der Waals surface area contributed by atoms with E-state index in [2.05, 4.69) is 5.43 Å². The first-order valence-corrected chi connectivity index (χ1v) is 5.09. The van der Waals surface area contributed by atoms with Gasteiger partial charge in [0.15, 0.2) is 0 Å². The number of carbonyl (C=O) groups is 1. The van der Waals surface area contributed by atoms with Gasteiger partial charge in [-0.25, -0.2) is 5.84 Å². The van der Waals surface area contributed by atoms with Gasteiger partial charge in [0, 0.05) is 11.9 Å². The second kappa shape index (κ2) is 4.71. The Labute approximate surface area is 98.8 Å². The summed E-state index contributed by atoms with van der Waals surface area (Å²) >= 11 is 0. The molecule has 1 aromatic heterocycles. The fourth-order valence-electron chi connectivity index (χ4n) is 1.61. The number of nitrogens with two attached hydrogens (primary N) is 1. The van der Waals surface area contributed by atoms with Crippen molar-refractivity contribution in [2.24, 2.45) is 5.84 Å². The summed E-state index contributed by atoms with van der Waals surface area (Å²) < 4.78 is 6.83. The molecule has 0 unspecified atom stereocenters. The maximum atomic E-state index is 11.5. The topological polar surface area (TPSA) is 69.3 Å². The van der Waals surface area contributed by atoms with Crippen LogP contribution in [-0.2, 0) is 0 Å². The van der Waals surface area contributed by atoms with Gasteiger partial charge in [-0.1, -0.05) is 0 Å². The highest BCUT2D eigenvalue weighted by Gasteiger charge is 2.10. The lowest BCUT2D eigenvalue weighted by atomic mass is 10.3. The minimum atomic E-state index is -0.328. The van der Waals surface area contributed by atoms with Gasteiger partial charge in [0.25, 0.3) is 5.91 Å². The van der Waals surface area contributed by atoms with Crippen molar-refractivity contribution >= 4 is 5.91 Å². The molecule has 88 valence electrons. The summed E-state index contributed by atoms with van der Waals surface area (Å²) in [6, 6.07) is 10.9. The van der Waals surface area contributed by atoms with Crippen LogP contribution in [0.1, 0.15) is 10.5 Å². The van der Waals surface area contributed by atoms with Crippen molar-refractivity contribution < 1.29 is 9.53 Å². The zero-order valence-corrected chi connectivity index (χ0v) is 9.38. The first-order chi connectivity index (χ1) is 8.26. The predicted molar refractivity (Wildman–Crippen MR) is 64.0 cm³/mol. The fraction of sp³-hybridized carbons (Fsp3) is 0.0833. The molecule has 1 aromatic carbocycles. The van der Waals surface area contributed by atoms with Gasteiger partial charge in [-0.05, 0) is 36.4 Å². The van der Waals surface area contributed by atoms with Gasteiger partial charge in [-0.15, -0.1) is 0 Å². The van der Waals surface area contributed by atoms with Crippen LogP contribution in [0.25, 0.3) is 5.69 Å². The lowest BCUT2D eigenvalue weighted by Gasteiger charge is -2.08. The van der Waals surface area contributed by atoms with Gasteiger partial charge < -0.3 is 9.30 Å². The SMILES string of the molecule is COc1ccc(-n2cccc2C(=O)NN)cc1. The number of carbonyl (C=O) groups excluding carboxylic acids is 1. The van der Waals surface area contributed by atoms with Crippen molar-refractivity contribution in [3.8, 4) is 11.4 Å². The van der Waals surface area contributed by atoms with E-state index in [0.717, 1.165) is 11.4 Å². The van der Waals surface area contributed by atoms with Crippen molar-refractivity contribution in [1.29, 1.82) is 0 Å². The van der Waals surface area contributed by atoms with E-state index in [1.807, 2.05) is 24.3 Å². The molecule has 0 saturated heterocycles. The number of hydrazine groups is 1. The van der Waals surface area contributed by atoms with Crippen LogP contribution in [-0.4, -0.2) is 17.6 Å². The van der Waals surface area contributed by atoms with E-state index in [1.54, 1.807) is 30.0 Å². The average Bonchev–Trinajstić information content (AvgIpc) is 2.87. The molecule has 0 fully saturated rings. The molecule has 0 atom stereocenters. The quantitative estimate of drug-likeness (QED) is 0.472. The minimum absolute atomic E-state index is 0.328. The van der Waals surface area contributed by atoms with E-state index in [1.165, 1.54) is 0 Å². The van der Waals surface area contributed by atoms with Crippen LogP contribution in [0.15, 0.2) is 42.6 Å². The highest BCUT2D eigenvalue weighted by atomic mass is 16.5. The largest absolute Gasteiger partial charge is 0.497 e. The average molecular weight is 231 g/mol. The Morgan fingerprint density at radius 2 is 2.00 bits per heavy atom. The lowest BCUT2D eigenvalue weighted by Crippen LogP contribution is -2.31. The van der Waals surface area contributed by atoms with Crippen LogP contribution in [0.2, 0.25) is 0 Å². The Morgan fingerprint density at radius 3 is 2.59 bits per heavy atom. The number of benzene rings is 1. The smallest absolute Gasteiger partial charge is 0.282 e. The van der Waals surface area contributed by atoms with Gasteiger partial charge in [0.1, 0.15) is 11.4 Å². The number of nitrogens with one attached hydrogen (secondary N) is 1. The molecule has 0 bridgehead atoms. The van der Waals surface area contributed by atoms with Crippen LogP contribution < -0.4 is 16.0 Å². The molecule has 0 aliphatic heterocycles. The number of methoxy groups -OCH3 is 1. The maximum Gasteiger partial charge on any atom is 0.282 e. The van der Waals surface area contributed by atoms with E-state index in [-0.39, 0.29) is 5.91 Å². The van der Waals surface area contributed by atoms with Crippen LogP contribution >= 0.6 is 0 Å². The Morgan fingerprint density at radius 1 is 1.29 bits per heavy atom. The van der Waals surface area contributed by atoms with Crippen LogP contribution in [0.5, 0.6) is 5.75 Å². The number of rotatable bonds is 3. The Balaban J connectivity index is 2.39. The third-order valence-corrected chi connectivity index (χ3v) is 2.46. The van der Waals surface area contributed by atoms with Crippen LogP contribution in [0, 0.1) is 0 Å². The zero-order chi connectivity index (χ0) is 12.3. The molecule has 2 aromatic rings. The van der Waals surface area contributed by atoms with Crippen molar-refractivity contribution in [1.82, 2.24) is 9.99 Å². The highest BCUT2D eigenvalue weighted by Crippen LogP contribution is 2.17. The maximum absolute atomic E-state index is 11.5. The number of aromatic nitrogens is 1. The number of ether oxygens (including phenoxy) is 1. The summed E-state index contributed by atoms with van der Waals surface area (Å²) in [6.07, 6.45) is 1.80. The molecule has 5 heteroatoms. The molecule has 0 radical (unpaired) electrons. The number of hydrogen-bond donors (Lipinski definition) is 2. The van der Waals surface area contributed by atoms with Crippen molar-refractivity contribution in [2.45, 2.75) is 0 Å². The van der Waals surface area contributed by atoms with E-state index in [9.17, 15) is 4.79 Å². The first-order valence-electron chi connectivity index (χ1n) is 5.09. The van der Waals surface area contributed by atoms with Crippen molar-refractivity contribution in [2.75, 3.05) is 7.11 Å². The second-order valence-corrected chi connectivity index (χ2v) is 3.43. The molecule has 17 heavy (non-hydrogen) atoms. The molecule has 0 aliphatic rings. The van der Waals surface area contributed by atoms with E-state index >= 15 is 0 Å². The first kappa shape index (κ1) is 11.2. The molecule has 2 rings (SSSR count). The van der Waals surface area contributed by atoms with Crippen molar-refractivity contribution in [3.63, 3.8) is 0 Å². The predicted octanol–water partition coefficient (Wildman–Crippen LogP) is 1.09. The molecular formula is C12H13N3O2. The molecule has 1 amide bonds. The van der Waals surface area contributed by atoms with Crippen molar-refractivity contribution in [3.05, 3.63) is 48.3 Å². The fourth-order valence-corrected chi connectivity index (χ4v) is 1.61. The van der Waals surface area contributed by atoms with Gasteiger partial charge in [-0.2, -0.15) is 0 Å². The second-order valence-electron chi connectivity index (χ2n) is 3.43. The normalized spacial score (nSPS) is 10.0. The highest BCUT2D eigenvalue weighted by molar-refractivity contribution is 5.92. The standard InChI is InChI=1S/C12H13N3O2/c1-17-10-6-4-9(5-7-10)15-8-2-3-11(15)12(16)14-13/h2-8H,13H2,1H3,(H,14,16). The molecule has 3 N–H and O–H groups in total. The summed E-state index contributed by atoms with van der Waals surface area (Å²) in [4.78, 5) is 11.5. The molecule has 0 spiro atoms. The van der Waals surface area contributed by atoms with Gasteiger partial charge >= 0.3 is 0 Å². The summed E-state index contributed by atoms with van der Waals surface area (Å²) in [5, 5.41) is 0. The zero-order valence-electron chi connectivity index (χ0n) is 9.38. The number of hydrogen-bond acceptors (Lipinski definition) is 3. The van der Waals surface area contributed by atoms with E-state index < -0.39 is 0 Å². The van der Waals surface area contributed by atoms with Gasteiger partial charge in [-0.3, -0.25) is 10.2 Å². The number of nitrogen functional groups attached to an aromatic ring is 1. The molecule has 5 nitrogen and oxygen atoms in total. The van der Waals surface area contributed by atoms with E-state index in [4.69, 9.17) is 10.6 Å². The van der Waals surface area contributed by atoms with Crippen LogP contribution in [0.4, 0.5) is 0 Å². The molecule has 0 saturated carbocycles. The molecular weight excluding hydrogens is 218 g/mol. The molecule has 1 heterocycles. The summed E-state index contributed by atoms with van der Waals surface area (Å²) in [5.74, 6) is 5.56. The van der Waals surface area contributed by atoms with Crippen LogP contribution in [0.3, 0.4) is 0 Å². The monoisotopic (exact) mass is 231 g/mol. The summed E-state index contributed by atoms with van der Waals surface area (Å²) in [7, 11) is 1.61. The minimum Gasteiger partial charge on any atom is -0.497 e. The summed E-state index contributed by atoms with van der Waals surface area (Å²) in [6.45, 7) is 0. The lowest BCUT2D eigenvalue weighted by molar-refractivity contribution is 0.0947. The van der Waals surface area contributed by atoms with E-state index in [0.29, 0.717) is 5.69 Å². The number of nitrogens with zero attached hydrogens (tertiary/aromatic N) is 1. The summed E-state index contributed by atoms with van der Waals surface area (Å²) in [5.41, 5.74) is 3.47. The van der Waals surface area contributed by atoms with Gasteiger partial charge in [0.2, 0.25) is 0 Å². The number of amides is 1. The molecule has 0 aliphatic carbocycles. The Hall–Kier alpha value is -2.27. The third kappa shape index (κ3) is 2.14. The van der Waals surface area contributed by atoms with Gasteiger partial charge in [0.05, 0.1) is 7.11 Å². The Kier molecular flexibility index (Phi) is 3.11. The Bertz CT molecular complexity index is 517.